The first-order valence-corrected chi connectivity index (χ1v) is 11.9. The standard InChI is InChI=1S/C23H19N3O8S/c1-23(2)17(22(30)34-11-12-7-9-13(10-8-12)26(31)32)25-20(29)16(21(25)35(23)33)24-18(27)14-5-3-4-6-15(14)19(24)28/h3-10,16-17,21H,11H2,1-2H3/t16?,17-,21?,35?/m0/s1. The molecule has 2 aromatic carbocycles. The van der Waals surface area contributed by atoms with E-state index >= 15 is 0 Å². The molecule has 12 heteroatoms. The van der Waals surface area contributed by atoms with E-state index < -0.39 is 61.6 Å². The number of rotatable bonds is 5. The van der Waals surface area contributed by atoms with Crippen LogP contribution >= 0.6 is 0 Å². The van der Waals surface area contributed by atoms with E-state index in [1.54, 1.807) is 26.0 Å². The maximum atomic E-state index is 13.4. The molecule has 3 heterocycles. The molecule has 0 saturated carbocycles. The molecule has 3 aliphatic heterocycles. The van der Waals surface area contributed by atoms with Gasteiger partial charge in [0.25, 0.3) is 23.4 Å². The van der Waals surface area contributed by atoms with Crippen LogP contribution in [0.3, 0.4) is 0 Å². The highest BCUT2D eigenvalue weighted by molar-refractivity contribution is 7.87. The lowest BCUT2D eigenvalue weighted by Gasteiger charge is -2.46. The molecule has 3 amide bonds. The van der Waals surface area contributed by atoms with Gasteiger partial charge < -0.3 is 9.64 Å². The Labute approximate surface area is 201 Å². The maximum absolute atomic E-state index is 13.4. The summed E-state index contributed by atoms with van der Waals surface area (Å²) in [7, 11) is -1.79. The molecule has 180 valence electrons. The largest absolute Gasteiger partial charge is 0.459 e. The number of imide groups is 1. The van der Waals surface area contributed by atoms with Gasteiger partial charge in [0, 0.05) is 12.1 Å². The SMILES string of the molecule is CC1(C)[C@H](C(=O)OCc2ccc([N+](=O)[O-])cc2)N2C(=O)C(N3C(=O)c4ccccc4C3=O)C2S1=O. The summed E-state index contributed by atoms with van der Waals surface area (Å²) in [5, 5.41) is 9.76. The van der Waals surface area contributed by atoms with E-state index in [4.69, 9.17) is 4.74 Å². The Kier molecular flexibility index (Phi) is 5.09. The molecule has 3 unspecified atom stereocenters. The fourth-order valence-corrected chi connectivity index (χ4v) is 6.72. The van der Waals surface area contributed by atoms with Gasteiger partial charge in [0.05, 0.1) is 31.6 Å². The van der Waals surface area contributed by atoms with Crippen molar-refractivity contribution in [1.29, 1.82) is 0 Å². The fourth-order valence-electron chi connectivity index (χ4n) is 4.76. The van der Waals surface area contributed by atoms with Crippen LogP contribution in [0.4, 0.5) is 5.69 Å². The summed E-state index contributed by atoms with van der Waals surface area (Å²) >= 11 is 0. The van der Waals surface area contributed by atoms with Crippen molar-refractivity contribution in [2.24, 2.45) is 0 Å². The van der Waals surface area contributed by atoms with E-state index in [0.29, 0.717) is 5.56 Å². The minimum absolute atomic E-state index is 0.111. The molecule has 0 aliphatic carbocycles. The van der Waals surface area contributed by atoms with Crippen molar-refractivity contribution in [3.63, 3.8) is 0 Å². The third-order valence-corrected chi connectivity index (χ3v) is 8.77. The second kappa shape index (κ2) is 7.80. The lowest BCUT2D eigenvalue weighted by atomic mass is 9.95. The molecule has 0 spiro atoms. The van der Waals surface area contributed by atoms with Gasteiger partial charge in [0.2, 0.25) is 0 Å². The molecule has 0 bridgehead atoms. The number of nitro groups is 1. The fraction of sp³-hybridized carbons (Fsp3) is 0.304. The van der Waals surface area contributed by atoms with Crippen LogP contribution in [-0.4, -0.2) is 64.8 Å². The number of amides is 3. The number of β-lactam (4-membered cyclic amide) rings is 1. The average molecular weight is 497 g/mol. The molecule has 0 aromatic heterocycles. The summed E-state index contributed by atoms with van der Waals surface area (Å²) in [4.78, 5) is 64.2. The molecule has 35 heavy (non-hydrogen) atoms. The second-order valence-corrected chi connectivity index (χ2v) is 11.1. The number of benzene rings is 2. The Morgan fingerprint density at radius 1 is 1.06 bits per heavy atom. The zero-order valence-corrected chi connectivity index (χ0v) is 19.4. The van der Waals surface area contributed by atoms with Gasteiger partial charge in [0.15, 0.2) is 6.04 Å². The third-order valence-electron chi connectivity index (χ3n) is 6.58. The molecule has 2 saturated heterocycles. The van der Waals surface area contributed by atoms with Crippen LogP contribution in [0.2, 0.25) is 0 Å². The molecular formula is C23H19N3O8S. The lowest BCUT2D eigenvalue weighted by molar-refractivity contribution is -0.384. The van der Waals surface area contributed by atoms with E-state index in [1.807, 2.05) is 0 Å². The van der Waals surface area contributed by atoms with Gasteiger partial charge in [-0.1, -0.05) is 12.1 Å². The zero-order chi connectivity index (χ0) is 25.2. The Morgan fingerprint density at radius 3 is 2.17 bits per heavy atom. The quantitative estimate of drug-likeness (QED) is 0.198. The number of esters is 1. The summed E-state index contributed by atoms with van der Waals surface area (Å²) in [5.41, 5.74) is 0.730. The van der Waals surface area contributed by atoms with E-state index in [1.165, 1.54) is 36.4 Å². The normalized spacial score (nSPS) is 26.3. The van der Waals surface area contributed by atoms with Crippen LogP contribution in [0.25, 0.3) is 0 Å². The van der Waals surface area contributed by atoms with Gasteiger partial charge in [-0.05, 0) is 43.7 Å². The first kappa shape index (κ1) is 22.8. The molecule has 2 fully saturated rings. The number of carbonyl (C=O) groups is 4. The highest BCUT2D eigenvalue weighted by Gasteiger charge is 2.71. The number of carbonyl (C=O) groups excluding carboxylic acids is 4. The predicted octanol–water partition coefficient (Wildman–Crippen LogP) is 1.38. The Morgan fingerprint density at radius 2 is 1.63 bits per heavy atom. The lowest BCUT2D eigenvalue weighted by Crippen LogP contribution is -2.72. The van der Waals surface area contributed by atoms with Gasteiger partial charge in [-0.25, -0.2) is 4.79 Å². The van der Waals surface area contributed by atoms with Gasteiger partial charge in [-0.2, -0.15) is 0 Å². The highest BCUT2D eigenvalue weighted by Crippen LogP contribution is 2.46. The Bertz CT molecular complexity index is 1300. The topological polar surface area (TPSA) is 144 Å². The number of non-ortho nitro benzene ring substituents is 1. The van der Waals surface area contributed by atoms with Crippen LogP contribution in [0.15, 0.2) is 48.5 Å². The number of hydrogen-bond donors (Lipinski definition) is 0. The summed E-state index contributed by atoms with van der Waals surface area (Å²) in [6.07, 6.45) is 0. The summed E-state index contributed by atoms with van der Waals surface area (Å²) in [6, 6.07) is 9.18. The number of nitrogens with zero attached hydrogens (tertiary/aromatic N) is 3. The summed E-state index contributed by atoms with van der Waals surface area (Å²) in [6.45, 7) is 2.92. The number of ether oxygens (including phenoxy) is 1. The molecule has 11 nitrogen and oxygen atoms in total. The maximum Gasteiger partial charge on any atom is 0.330 e. The van der Waals surface area contributed by atoms with Crippen LogP contribution in [0, 0.1) is 10.1 Å². The van der Waals surface area contributed by atoms with Crippen molar-refractivity contribution < 1.29 is 33.0 Å². The van der Waals surface area contributed by atoms with Crippen molar-refractivity contribution in [1.82, 2.24) is 9.80 Å². The second-order valence-electron chi connectivity index (χ2n) is 8.94. The molecule has 0 radical (unpaired) electrons. The number of fused-ring (bicyclic) bond motifs is 2. The van der Waals surface area contributed by atoms with Crippen LogP contribution in [0.1, 0.15) is 40.1 Å². The van der Waals surface area contributed by atoms with Crippen molar-refractivity contribution in [2.75, 3.05) is 0 Å². The van der Waals surface area contributed by atoms with Gasteiger partial charge in [0.1, 0.15) is 18.0 Å². The van der Waals surface area contributed by atoms with Gasteiger partial charge in [-0.15, -0.1) is 0 Å². The van der Waals surface area contributed by atoms with Crippen molar-refractivity contribution in [3.05, 3.63) is 75.3 Å². The van der Waals surface area contributed by atoms with Gasteiger partial charge >= 0.3 is 5.97 Å². The Hall–Kier alpha value is -3.93. The minimum atomic E-state index is -1.79. The molecule has 4 atom stereocenters. The first-order chi connectivity index (χ1) is 16.6. The third kappa shape index (κ3) is 3.20. The van der Waals surface area contributed by atoms with E-state index in [0.717, 1.165) is 9.80 Å². The minimum Gasteiger partial charge on any atom is -0.459 e. The average Bonchev–Trinajstić information content (AvgIpc) is 3.18. The zero-order valence-electron chi connectivity index (χ0n) is 18.6. The van der Waals surface area contributed by atoms with E-state index in [2.05, 4.69) is 0 Å². The van der Waals surface area contributed by atoms with Crippen LogP contribution in [-0.2, 0) is 31.7 Å². The predicted molar refractivity (Wildman–Crippen MR) is 120 cm³/mol. The van der Waals surface area contributed by atoms with Crippen molar-refractivity contribution >= 4 is 40.2 Å². The smallest absolute Gasteiger partial charge is 0.330 e. The van der Waals surface area contributed by atoms with Crippen molar-refractivity contribution in [2.45, 2.75) is 42.7 Å². The molecule has 5 rings (SSSR count). The van der Waals surface area contributed by atoms with Crippen LogP contribution < -0.4 is 0 Å². The molecule has 3 aliphatic rings. The molecule has 0 N–H and O–H groups in total. The van der Waals surface area contributed by atoms with E-state index in [-0.39, 0.29) is 23.4 Å². The Balaban J connectivity index is 1.36. The monoisotopic (exact) mass is 497 g/mol. The van der Waals surface area contributed by atoms with Crippen LogP contribution in [0.5, 0.6) is 0 Å². The number of nitro benzene ring substituents is 1. The summed E-state index contributed by atoms with van der Waals surface area (Å²) < 4.78 is 17.5. The van der Waals surface area contributed by atoms with E-state index in [9.17, 15) is 33.5 Å². The molecule has 2 aromatic rings. The van der Waals surface area contributed by atoms with Crippen molar-refractivity contribution in [3.8, 4) is 0 Å². The first-order valence-electron chi connectivity index (χ1n) is 10.7. The number of hydrogen-bond acceptors (Lipinski definition) is 8. The highest BCUT2D eigenvalue weighted by atomic mass is 32.2. The van der Waals surface area contributed by atoms with Gasteiger partial charge in [-0.3, -0.25) is 33.6 Å². The summed E-state index contributed by atoms with van der Waals surface area (Å²) in [5.74, 6) is -2.72. The molecular weight excluding hydrogens is 478 g/mol.